The molecule has 24 heavy (non-hydrogen) atoms. The Labute approximate surface area is 138 Å². The minimum absolute atomic E-state index is 0.0506. The molecule has 0 spiro atoms. The summed E-state index contributed by atoms with van der Waals surface area (Å²) in [4.78, 5) is 14.2. The first kappa shape index (κ1) is 16.4. The Hall–Kier alpha value is -2.47. The number of methoxy groups -OCH3 is 1. The van der Waals surface area contributed by atoms with E-state index in [2.05, 4.69) is 0 Å². The van der Waals surface area contributed by atoms with Crippen molar-refractivity contribution >= 4 is 5.91 Å². The second-order valence-electron chi connectivity index (χ2n) is 5.77. The third kappa shape index (κ3) is 3.10. The lowest BCUT2D eigenvalue weighted by molar-refractivity contribution is 0.0715. The van der Waals surface area contributed by atoms with Crippen LogP contribution in [0.5, 0.6) is 5.75 Å². The smallest absolute Gasteiger partial charge is 0.254 e. The summed E-state index contributed by atoms with van der Waals surface area (Å²) in [5.41, 5.74) is 0.762. The van der Waals surface area contributed by atoms with Crippen molar-refractivity contribution in [1.29, 1.82) is 0 Å². The molecule has 6 heteroatoms. The Balaban J connectivity index is 1.91. The van der Waals surface area contributed by atoms with Crippen LogP contribution in [0, 0.1) is 11.6 Å². The molecule has 1 saturated heterocycles. The van der Waals surface area contributed by atoms with Gasteiger partial charge in [-0.15, -0.1) is 0 Å². The first-order chi connectivity index (χ1) is 11.5. The molecule has 1 amide bonds. The molecule has 1 fully saturated rings. The van der Waals surface area contributed by atoms with Gasteiger partial charge in [-0.05, 0) is 42.3 Å². The number of amides is 1. The second-order valence-corrected chi connectivity index (χ2v) is 5.77. The fourth-order valence-corrected chi connectivity index (χ4v) is 3.03. The van der Waals surface area contributed by atoms with E-state index in [-0.39, 0.29) is 17.9 Å². The number of hydrogen-bond acceptors (Lipinski definition) is 3. The van der Waals surface area contributed by atoms with Gasteiger partial charge in [0, 0.05) is 12.1 Å². The van der Waals surface area contributed by atoms with Gasteiger partial charge in [0.1, 0.15) is 5.82 Å². The van der Waals surface area contributed by atoms with E-state index in [0.29, 0.717) is 12.0 Å². The number of aliphatic hydroxyl groups excluding tert-OH is 1. The summed E-state index contributed by atoms with van der Waals surface area (Å²) in [7, 11) is 1.34. The monoisotopic (exact) mass is 333 g/mol. The summed E-state index contributed by atoms with van der Waals surface area (Å²) in [5, 5.41) is 9.95. The first-order valence-electron chi connectivity index (χ1n) is 7.57. The van der Waals surface area contributed by atoms with Crippen LogP contribution in [0.1, 0.15) is 28.4 Å². The van der Waals surface area contributed by atoms with Crippen molar-refractivity contribution in [3.05, 3.63) is 65.2 Å². The van der Waals surface area contributed by atoms with E-state index in [9.17, 15) is 18.7 Å². The predicted molar refractivity (Wildman–Crippen MR) is 83.8 cm³/mol. The maximum absolute atomic E-state index is 13.9. The summed E-state index contributed by atoms with van der Waals surface area (Å²) in [6, 6.07) is 9.44. The molecule has 126 valence electrons. The number of nitrogens with zero attached hydrogens (tertiary/aromatic N) is 1. The fraction of sp³-hybridized carbons (Fsp3) is 0.278. The third-order valence-corrected chi connectivity index (χ3v) is 4.17. The van der Waals surface area contributed by atoms with Crippen LogP contribution in [-0.2, 0) is 0 Å². The average Bonchev–Trinajstić information content (AvgIpc) is 2.96. The Morgan fingerprint density at radius 1 is 1.25 bits per heavy atom. The molecule has 1 aliphatic heterocycles. The van der Waals surface area contributed by atoms with Gasteiger partial charge in [-0.25, -0.2) is 8.78 Å². The average molecular weight is 333 g/mol. The van der Waals surface area contributed by atoms with Crippen LogP contribution in [-0.4, -0.2) is 35.7 Å². The van der Waals surface area contributed by atoms with E-state index in [1.54, 1.807) is 12.1 Å². The number of β-amino-alcohol motifs (C(OH)–C–C–N with tert-alkyl or cyclic N) is 1. The van der Waals surface area contributed by atoms with Crippen LogP contribution >= 0.6 is 0 Å². The Bertz CT molecular complexity index is 766. The number of hydrogen-bond donors (Lipinski definition) is 1. The zero-order valence-corrected chi connectivity index (χ0v) is 13.1. The van der Waals surface area contributed by atoms with E-state index < -0.39 is 29.7 Å². The van der Waals surface area contributed by atoms with Gasteiger partial charge in [0.25, 0.3) is 5.91 Å². The molecule has 0 aliphatic carbocycles. The lowest BCUT2D eigenvalue weighted by Crippen LogP contribution is -2.31. The van der Waals surface area contributed by atoms with Crippen LogP contribution < -0.4 is 4.74 Å². The van der Waals surface area contributed by atoms with E-state index in [1.165, 1.54) is 36.3 Å². The largest absolute Gasteiger partial charge is 0.494 e. The van der Waals surface area contributed by atoms with Gasteiger partial charge < -0.3 is 14.7 Å². The topological polar surface area (TPSA) is 49.8 Å². The Morgan fingerprint density at radius 3 is 2.71 bits per heavy atom. The van der Waals surface area contributed by atoms with Crippen LogP contribution in [0.3, 0.4) is 0 Å². The second kappa shape index (κ2) is 6.57. The molecule has 2 aromatic rings. The molecule has 0 aromatic heterocycles. The van der Waals surface area contributed by atoms with Gasteiger partial charge in [0.05, 0.1) is 19.3 Å². The van der Waals surface area contributed by atoms with Gasteiger partial charge in [-0.3, -0.25) is 4.79 Å². The molecule has 0 unspecified atom stereocenters. The molecule has 1 heterocycles. The zero-order valence-electron chi connectivity index (χ0n) is 13.1. The van der Waals surface area contributed by atoms with Gasteiger partial charge in [0.15, 0.2) is 11.6 Å². The van der Waals surface area contributed by atoms with Crippen molar-refractivity contribution in [2.24, 2.45) is 0 Å². The number of aliphatic hydroxyl groups is 1. The number of ether oxygens (including phenoxy) is 1. The number of carbonyl (C=O) groups excluding carboxylic acids is 1. The highest BCUT2D eigenvalue weighted by atomic mass is 19.1. The van der Waals surface area contributed by atoms with Crippen LogP contribution in [0.25, 0.3) is 0 Å². The molecule has 3 rings (SSSR count). The molecule has 0 saturated carbocycles. The molecule has 1 aliphatic rings. The SMILES string of the molecule is COc1ccc(C(=O)N2C[C@H](O)C[C@@H]2c2cccc(F)c2)cc1F. The fourth-order valence-electron chi connectivity index (χ4n) is 3.03. The molecular formula is C18H17F2NO3. The van der Waals surface area contributed by atoms with Crippen LogP contribution in [0.4, 0.5) is 8.78 Å². The Morgan fingerprint density at radius 2 is 2.04 bits per heavy atom. The highest BCUT2D eigenvalue weighted by molar-refractivity contribution is 5.95. The number of rotatable bonds is 3. The van der Waals surface area contributed by atoms with Crippen molar-refractivity contribution in [3.8, 4) is 5.75 Å². The van der Waals surface area contributed by atoms with Gasteiger partial charge in [-0.1, -0.05) is 12.1 Å². The van der Waals surface area contributed by atoms with Gasteiger partial charge in [-0.2, -0.15) is 0 Å². The molecule has 0 radical (unpaired) electrons. The lowest BCUT2D eigenvalue weighted by atomic mass is 10.0. The normalized spacial score (nSPS) is 20.2. The summed E-state index contributed by atoms with van der Waals surface area (Å²) < 4.78 is 32.2. The Kier molecular flexibility index (Phi) is 4.49. The highest BCUT2D eigenvalue weighted by Crippen LogP contribution is 2.34. The molecule has 2 aromatic carbocycles. The number of carbonyl (C=O) groups is 1. The molecule has 4 nitrogen and oxygen atoms in total. The van der Waals surface area contributed by atoms with Crippen molar-refractivity contribution in [3.63, 3.8) is 0 Å². The minimum atomic E-state index is -0.703. The maximum atomic E-state index is 13.9. The van der Waals surface area contributed by atoms with E-state index in [4.69, 9.17) is 4.74 Å². The summed E-state index contributed by atoms with van der Waals surface area (Å²) >= 11 is 0. The van der Waals surface area contributed by atoms with Crippen LogP contribution in [0.2, 0.25) is 0 Å². The van der Waals surface area contributed by atoms with Crippen molar-refractivity contribution in [2.75, 3.05) is 13.7 Å². The number of benzene rings is 2. The summed E-state index contributed by atoms with van der Waals surface area (Å²) in [6.07, 6.45) is -0.390. The van der Waals surface area contributed by atoms with Crippen molar-refractivity contribution in [2.45, 2.75) is 18.6 Å². The maximum Gasteiger partial charge on any atom is 0.254 e. The van der Waals surface area contributed by atoms with E-state index in [0.717, 1.165) is 6.07 Å². The quantitative estimate of drug-likeness (QED) is 0.940. The van der Waals surface area contributed by atoms with Gasteiger partial charge in [0.2, 0.25) is 0 Å². The lowest BCUT2D eigenvalue weighted by Gasteiger charge is -2.25. The standard InChI is InChI=1S/C18H17F2NO3/c1-24-17-6-5-12(8-15(17)20)18(23)21-10-14(22)9-16(21)11-3-2-4-13(19)7-11/h2-8,14,16,22H,9-10H2,1H3/t14-,16-/m1/s1. The molecule has 1 N–H and O–H groups in total. The van der Waals surface area contributed by atoms with E-state index in [1.807, 2.05) is 0 Å². The molecule has 2 atom stereocenters. The number of likely N-dealkylation sites (tertiary alicyclic amines) is 1. The third-order valence-electron chi connectivity index (χ3n) is 4.17. The van der Waals surface area contributed by atoms with E-state index >= 15 is 0 Å². The molecule has 0 bridgehead atoms. The van der Waals surface area contributed by atoms with Gasteiger partial charge >= 0.3 is 0 Å². The van der Waals surface area contributed by atoms with Crippen LogP contribution in [0.15, 0.2) is 42.5 Å². The van der Waals surface area contributed by atoms with Crippen molar-refractivity contribution < 1.29 is 23.4 Å². The minimum Gasteiger partial charge on any atom is -0.494 e. The first-order valence-corrected chi connectivity index (χ1v) is 7.57. The zero-order chi connectivity index (χ0) is 17.3. The van der Waals surface area contributed by atoms with Crippen molar-refractivity contribution in [1.82, 2.24) is 4.90 Å². The molecular weight excluding hydrogens is 316 g/mol. The number of halogens is 2. The summed E-state index contributed by atoms with van der Waals surface area (Å²) in [5.74, 6) is -1.40. The highest BCUT2D eigenvalue weighted by Gasteiger charge is 2.36. The summed E-state index contributed by atoms with van der Waals surface area (Å²) in [6.45, 7) is 0.119. The predicted octanol–water partition coefficient (Wildman–Crippen LogP) is 2.92.